The van der Waals surface area contributed by atoms with Gasteiger partial charge in [0.05, 0.1) is 5.57 Å². The molecular formula is C20H23NO3S2. The summed E-state index contributed by atoms with van der Waals surface area (Å²) in [6, 6.07) is 8.08. The van der Waals surface area contributed by atoms with E-state index in [-0.39, 0.29) is 24.6 Å². The molecule has 6 heteroatoms. The van der Waals surface area contributed by atoms with Crippen molar-refractivity contribution in [3.63, 3.8) is 0 Å². The zero-order chi connectivity index (χ0) is 18.5. The monoisotopic (exact) mass is 389 g/mol. The Morgan fingerprint density at radius 3 is 2.46 bits per heavy atom. The highest BCUT2D eigenvalue weighted by Gasteiger charge is 2.29. The summed E-state index contributed by atoms with van der Waals surface area (Å²) in [6.07, 6.45) is 4.97. The zero-order valence-corrected chi connectivity index (χ0v) is 16.6. The molecule has 26 heavy (non-hydrogen) atoms. The van der Waals surface area contributed by atoms with E-state index in [1.807, 2.05) is 46.0 Å². The van der Waals surface area contributed by atoms with Crippen molar-refractivity contribution in [1.29, 1.82) is 0 Å². The van der Waals surface area contributed by atoms with E-state index in [2.05, 4.69) is 13.8 Å². The lowest BCUT2D eigenvalue weighted by Gasteiger charge is -2.38. The van der Waals surface area contributed by atoms with Crippen LogP contribution in [-0.4, -0.2) is 35.5 Å². The van der Waals surface area contributed by atoms with E-state index < -0.39 is 5.97 Å². The average molecular weight is 390 g/mol. The van der Waals surface area contributed by atoms with Crippen LogP contribution in [0.2, 0.25) is 0 Å². The Kier molecular flexibility index (Phi) is 6.27. The topological polar surface area (TPSA) is 46.6 Å². The van der Waals surface area contributed by atoms with Crippen LogP contribution in [0, 0.1) is 0 Å². The number of thiophene rings is 2. The second kappa shape index (κ2) is 8.64. The molecule has 0 aromatic carbocycles. The lowest BCUT2D eigenvalue weighted by Crippen LogP contribution is -2.49. The largest absolute Gasteiger partial charge is 0.452 e. The number of amides is 1. The number of carbonyl (C=O) groups is 2. The highest BCUT2D eigenvalue weighted by Crippen LogP contribution is 2.26. The summed E-state index contributed by atoms with van der Waals surface area (Å²) in [7, 11) is 0. The van der Waals surface area contributed by atoms with E-state index in [1.165, 1.54) is 11.3 Å². The maximum atomic E-state index is 12.7. The number of esters is 1. The molecule has 3 heterocycles. The molecule has 1 aliphatic heterocycles. The Morgan fingerprint density at radius 1 is 1.15 bits per heavy atom. The van der Waals surface area contributed by atoms with E-state index in [4.69, 9.17) is 4.74 Å². The van der Waals surface area contributed by atoms with Gasteiger partial charge < -0.3 is 9.64 Å². The van der Waals surface area contributed by atoms with Crippen molar-refractivity contribution in [1.82, 2.24) is 4.90 Å². The minimum Gasteiger partial charge on any atom is -0.452 e. The molecule has 0 bridgehead atoms. The number of ether oxygens (including phenoxy) is 1. The fraction of sp³-hybridized carbons (Fsp3) is 0.400. The number of carbonyl (C=O) groups excluding carboxylic acids is 2. The Labute approximate surface area is 162 Å². The van der Waals surface area contributed by atoms with Crippen molar-refractivity contribution in [2.75, 3.05) is 6.61 Å². The Morgan fingerprint density at radius 2 is 1.85 bits per heavy atom. The van der Waals surface area contributed by atoms with Gasteiger partial charge in [0.25, 0.3) is 5.91 Å². The first-order valence-corrected chi connectivity index (χ1v) is 10.6. The van der Waals surface area contributed by atoms with E-state index in [0.717, 1.165) is 29.0 Å². The van der Waals surface area contributed by atoms with Crippen LogP contribution in [0.15, 0.2) is 35.0 Å². The molecule has 1 fully saturated rings. The molecule has 1 amide bonds. The molecule has 2 atom stereocenters. The van der Waals surface area contributed by atoms with Gasteiger partial charge in [0.2, 0.25) is 0 Å². The maximum Gasteiger partial charge on any atom is 0.340 e. The van der Waals surface area contributed by atoms with Crippen LogP contribution in [-0.2, 0) is 14.3 Å². The number of hydrogen-bond donors (Lipinski definition) is 0. The molecule has 0 spiro atoms. The van der Waals surface area contributed by atoms with Gasteiger partial charge in [-0.1, -0.05) is 12.1 Å². The van der Waals surface area contributed by atoms with Gasteiger partial charge in [-0.05, 0) is 62.1 Å². The van der Waals surface area contributed by atoms with Crippen LogP contribution in [0.4, 0.5) is 0 Å². The lowest BCUT2D eigenvalue weighted by atomic mass is 9.97. The second-order valence-corrected chi connectivity index (χ2v) is 8.48. The van der Waals surface area contributed by atoms with E-state index in [9.17, 15) is 9.59 Å². The highest BCUT2D eigenvalue weighted by molar-refractivity contribution is 7.12. The third-order valence-corrected chi connectivity index (χ3v) is 6.37. The van der Waals surface area contributed by atoms with Gasteiger partial charge in [-0.2, -0.15) is 0 Å². The molecule has 0 aliphatic carbocycles. The first-order valence-electron chi connectivity index (χ1n) is 8.83. The average Bonchev–Trinajstić information content (AvgIpc) is 3.31. The highest BCUT2D eigenvalue weighted by atomic mass is 32.1. The van der Waals surface area contributed by atoms with Crippen molar-refractivity contribution in [3.8, 4) is 0 Å². The normalized spacial score (nSPS) is 20.8. The first-order chi connectivity index (χ1) is 12.6. The zero-order valence-electron chi connectivity index (χ0n) is 15.0. The Bertz CT molecular complexity index is 755. The van der Waals surface area contributed by atoms with Gasteiger partial charge in [-0.25, -0.2) is 4.79 Å². The molecule has 138 valence electrons. The van der Waals surface area contributed by atoms with Crippen LogP contribution in [0.5, 0.6) is 0 Å². The summed E-state index contributed by atoms with van der Waals surface area (Å²) >= 11 is 3.04. The van der Waals surface area contributed by atoms with Crippen LogP contribution in [0.1, 0.15) is 42.9 Å². The maximum absolute atomic E-state index is 12.7. The van der Waals surface area contributed by atoms with E-state index in [1.54, 1.807) is 11.3 Å². The fourth-order valence-electron chi connectivity index (χ4n) is 3.37. The molecule has 1 aliphatic rings. The minimum absolute atomic E-state index is 0.111. The van der Waals surface area contributed by atoms with Crippen LogP contribution >= 0.6 is 22.7 Å². The summed E-state index contributed by atoms with van der Waals surface area (Å²) < 4.78 is 5.40. The van der Waals surface area contributed by atoms with Gasteiger partial charge >= 0.3 is 5.97 Å². The van der Waals surface area contributed by atoms with Crippen LogP contribution in [0.25, 0.3) is 11.6 Å². The Balaban J connectivity index is 1.69. The third-order valence-electron chi connectivity index (χ3n) is 4.64. The molecule has 2 aromatic rings. The molecule has 0 radical (unpaired) electrons. The van der Waals surface area contributed by atoms with Gasteiger partial charge in [-0.3, -0.25) is 4.79 Å². The summed E-state index contributed by atoms with van der Waals surface area (Å²) in [5, 5.41) is 3.89. The van der Waals surface area contributed by atoms with Gasteiger partial charge in [0, 0.05) is 21.8 Å². The Hall–Kier alpha value is -1.92. The number of hydrogen-bond acceptors (Lipinski definition) is 5. The number of piperidine rings is 1. The lowest BCUT2D eigenvalue weighted by molar-refractivity contribution is -0.151. The predicted molar refractivity (Wildman–Crippen MR) is 107 cm³/mol. The second-order valence-electron chi connectivity index (χ2n) is 6.56. The molecule has 1 saturated heterocycles. The van der Waals surface area contributed by atoms with Crippen molar-refractivity contribution in [2.45, 2.75) is 45.2 Å². The summed E-state index contributed by atoms with van der Waals surface area (Å²) in [5.41, 5.74) is 0.495. The van der Waals surface area contributed by atoms with Crippen molar-refractivity contribution in [2.24, 2.45) is 0 Å². The number of nitrogens with zero attached hydrogens (tertiary/aromatic N) is 1. The summed E-state index contributed by atoms with van der Waals surface area (Å²) in [4.78, 5) is 28.9. The van der Waals surface area contributed by atoms with E-state index in [0.29, 0.717) is 5.57 Å². The number of rotatable bonds is 5. The minimum atomic E-state index is -0.452. The molecule has 2 aromatic heterocycles. The molecular weight excluding hydrogens is 366 g/mol. The SMILES string of the molecule is C[C@@H]1CCC[C@@H](C)N1C(=O)COC(=O)/C(=C/c1cccs1)c1cccs1. The molecule has 0 N–H and O–H groups in total. The number of likely N-dealkylation sites (tertiary alicyclic amines) is 1. The molecule has 0 unspecified atom stereocenters. The molecule has 4 nitrogen and oxygen atoms in total. The predicted octanol–water partition coefficient (Wildman–Crippen LogP) is 4.68. The van der Waals surface area contributed by atoms with Crippen molar-refractivity contribution >= 4 is 46.2 Å². The summed E-state index contributed by atoms with van der Waals surface area (Å²) in [6.45, 7) is 3.91. The van der Waals surface area contributed by atoms with Gasteiger partial charge in [-0.15, -0.1) is 22.7 Å². The van der Waals surface area contributed by atoms with Crippen LogP contribution < -0.4 is 0 Å². The third kappa shape index (κ3) is 4.43. The van der Waals surface area contributed by atoms with Crippen molar-refractivity contribution in [3.05, 3.63) is 44.8 Å². The first kappa shape index (κ1) is 18.9. The molecule has 0 saturated carbocycles. The quantitative estimate of drug-likeness (QED) is 0.551. The molecule has 3 rings (SSSR count). The van der Waals surface area contributed by atoms with Crippen molar-refractivity contribution < 1.29 is 14.3 Å². The van der Waals surface area contributed by atoms with Gasteiger partial charge in [0.1, 0.15) is 0 Å². The standard InChI is InChI=1S/C20H23NO3S2/c1-14-6-3-7-15(2)21(14)19(22)13-24-20(23)17(18-9-5-11-26-18)12-16-8-4-10-25-16/h4-5,8-12,14-15H,3,6-7,13H2,1-2H3/b17-12+/t14-,15-/m1/s1. The smallest absolute Gasteiger partial charge is 0.340 e. The van der Waals surface area contributed by atoms with E-state index >= 15 is 0 Å². The fourth-order valence-corrected chi connectivity index (χ4v) is 4.76. The summed E-state index contributed by atoms with van der Waals surface area (Å²) in [5.74, 6) is -0.564. The van der Waals surface area contributed by atoms with Crippen LogP contribution in [0.3, 0.4) is 0 Å². The van der Waals surface area contributed by atoms with Gasteiger partial charge in [0.15, 0.2) is 6.61 Å².